The lowest BCUT2D eigenvalue weighted by Crippen LogP contribution is -2.47. The highest BCUT2D eigenvalue weighted by Gasteiger charge is 2.34. The van der Waals surface area contributed by atoms with E-state index in [-0.39, 0.29) is 11.5 Å². The van der Waals surface area contributed by atoms with E-state index < -0.39 is 0 Å². The number of aromatic nitrogens is 2. The number of nitrogens with zero attached hydrogens (tertiary/aromatic N) is 3. The second-order valence-corrected chi connectivity index (χ2v) is 9.53. The van der Waals surface area contributed by atoms with E-state index in [0.717, 1.165) is 53.9 Å². The minimum absolute atomic E-state index is 0.0963. The van der Waals surface area contributed by atoms with Crippen LogP contribution in [0.25, 0.3) is 22.2 Å². The van der Waals surface area contributed by atoms with Gasteiger partial charge in [-0.3, -0.25) is 9.69 Å². The molecule has 6 heteroatoms. The standard InChI is InChI=1S/C29H27N3O3/c33-28-12-6-11-27-22-15-20(18-32(27)28)17-31(19-22)13-14-35-29(34)24-16-26(21-7-2-1-3-8-21)30-25-10-5-4-9-23(24)25/h1-12,16,20,22H,13-15,17-19H2. The number of ether oxygens (including phenoxy) is 1. The molecule has 6 nitrogen and oxygen atoms in total. The molecular formula is C29H27N3O3. The number of fused-ring (bicyclic) bond motifs is 5. The van der Waals surface area contributed by atoms with Gasteiger partial charge in [0.25, 0.3) is 5.56 Å². The molecule has 2 aromatic carbocycles. The van der Waals surface area contributed by atoms with Gasteiger partial charge in [-0.25, -0.2) is 9.78 Å². The summed E-state index contributed by atoms with van der Waals surface area (Å²) in [6, 6.07) is 25.0. The number of benzene rings is 2. The van der Waals surface area contributed by atoms with Crippen LogP contribution in [0.5, 0.6) is 0 Å². The quantitative estimate of drug-likeness (QED) is 0.410. The monoisotopic (exact) mass is 465 g/mol. The molecule has 4 heterocycles. The van der Waals surface area contributed by atoms with Crippen molar-refractivity contribution < 1.29 is 9.53 Å². The molecule has 2 atom stereocenters. The fourth-order valence-corrected chi connectivity index (χ4v) is 5.62. The van der Waals surface area contributed by atoms with Crippen molar-refractivity contribution in [3.8, 4) is 11.3 Å². The van der Waals surface area contributed by atoms with Gasteiger partial charge in [-0.2, -0.15) is 0 Å². The largest absolute Gasteiger partial charge is 0.461 e. The Labute approximate surface area is 203 Å². The van der Waals surface area contributed by atoms with E-state index in [0.29, 0.717) is 30.6 Å². The summed E-state index contributed by atoms with van der Waals surface area (Å²) in [4.78, 5) is 32.6. The summed E-state index contributed by atoms with van der Waals surface area (Å²) in [5, 5.41) is 0.798. The zero-order chi connectivity index (χ0) is 23.8. The van der Waals surface area contributed by atoms with Gasteiger partial charge in [0.05, 0.1) is 16.8 Å². The van der Waals surface area contributed by atoms with E-state index >= 15 is 0 Å². The highest BCUT2D eigenvalue weighted by atomic mass is 16.5. The molecule has 2 unspecified atom stereocenters. The van der Waals surface area contributed by atoms with Crippen molar-refractivity contribution in [1.29, 1.82) is 0 Å². The first-order chi connectivity index (χ1) is 17.2. The number of piperidine rings is 1. The number of likely N-dealkylation sites (tertiary alicyclic amines) is 1. The molecule has 6 rings (SSSR count). The average molecular weight is 466 g/mol. The van der Waals surface area contributed by atoms with E-state index in [1.807, 2.05) is 71.3 Å². The Morgan fingerprint density at radius 2 is 1.77 bits per heavy atom. The molecule has 1 saturated heterocycles. The number of hydrogen-bond donors (Lipinski definition) is 0. The number of pyridine rings is 2. The first-order valence-electron chi connectivity index (χ1n) is 12.2. The van der Waals surface area contributed by atoms with Gasteiger partial charge in [-0.05, 0) is 30.5 Å². The summed E-state index contributed by atoms with van der Waals surface area (Å²) in [7, 11) is 0. The van der Waals surface area contributed by atoms with Crippen molar-refractivity contribution in [3.05, 3.63) is 100 Å². The molecule has 176 valence electrons. The predicted octanol–water partition coefficient (Wildman–Crippen LogP) is 4.34. The van der Waals surface area contributed by atoms with Gasteiger partial charge in [0.2, 0.25) is 0 Å². The molecule has 0 saturated carbocycles. The first-order valence-corrected chi connectivity index (χ1v) is 12.2. The van der Waals surface area contributed by atoms with Gasteiger partial charge in [0.1, 0.15) is 6.61 Å². The Balaban J connectivity index is 1.16. The van der Waals surface area contributed by atoms with E-state index in [1.54, 1.807) is 6.07 Å². The SMILES string of the molecule is O=C(OCCN1CC2CC(C1)c1cccc(=O)n1C2)c1cc(-c2ccccc2)nc2ccccc12. The van der Waals surface area contributed by atoms with Crippen LogP contribution in [0.1, 0.15) is 28.4 Å². The number of rotatable bonds is 5. The van der Waals surface area contributed by atoms with Crippen LogP contribution in [0.4, 0.5) is 0 Å². The topological polar surface area (TPSA) is 64.4 Å². The molecule has 2 aromatic heterocycles. The highest BCUT2D eigenvalue weighted by Crippen LogP contribution is 2.34. The lowest BCUT2D eigenvalue weighted by atomic mass is 9.83. The number of esters is 1. The molecule has 0 spiro atoms. The van der Waals surface area contributed by atoms with Crippen molar-refractivity contribution in [2.45, 2.75) is 18.9 Å². The first kappa shape index (κ1) is 21.7. The predicted molar refractivity (Wildman–Crippen MR) is 135 cm³/mol. The third kappa shape index (κ3) is 4.26. The average Bonchev–Trinajstić information content (AvgIpc) is 2.89. The molecule has 1 fully saturated rings. The third-order valence-corrected chi connectivity index (χ3v) is 7.20. The Bertz CT molecular complexity index is 1450. The minimum Gasteiger partial charge on any atom is -0.461 e. The molecule has 2 aliphatic heterocycles. The van der Waals surface area contributed by atoms with Crippen molar-refractivity contribution in [1.82, 2.24) is 14.5 Å². The maximum Gasteiger partial charge on any atom is 0.338 e. The van der Waals surface area contributed by atoms with Crippen LogP contribution in [0, 0.1) is 5.92 Å². The molecule has 0 amide bonds. The second-order valence-electron chi connectivity index (χ2n) is 9.53. The summed E-state index contributed by atoms with van der Waals surface area (Å²) in [5.74, 6) is 0.481. The molecule has 2 bridgehead atoms. The number of carbonyl (C=O) groups excluding carboxylic acids is 1. The number of hydrogen-bond acceptors (Lipinski definition) is 5. The Morgan fingerprint density at radius 1 is 0.943 bits per heavy atom. The van der Waals surface area contributed by atoms with Crippen LogP contribution in [-0.4, -0.2) is 46.7 Å². The fourth-order valence-electron chi connectivity index (χ4n) is 5.62. The smallest absolute Gasteiger partial charge is 0.338 e. The number of para-hydroxylation sites is 1. The maximum absolute atomic E-state index is 13.2. The van der Waals surface area contributed by atoms with E-state index in [9.17, 15) is 9.59 Å². The van der Waals surface area contributed by atoms with Crippen LogP contribution < -0.4 is 5.56 Å². The lowest BCUT2D eigenvalue weighted by Gasteiger charge is -2.42. The minimum atomic E-state index is -0.324. The molecule has 4 aromatic rings. The number of carbonyl (C=O) groups is 1. The van der Waals surface area contributed by atoms with Gasteiger partial charge >= 0.3 is 5.97 Å². The zero-order valence-corrected chi connectivity index (χ0v) is 19.5. The summed E-state index contributed by atoms with van der Waals surface area (Å²) in [6.45, 7) is 3.59. The van der Waals surface area contributed by atoms with Crippen molar-refractivity contribution in [3.63, 3.8) is 0 Å². The van der Waals surface area contributed by atoms with E-state index in [4.69, 9.17) is 9.72 Å². The summed E-state index contributed by atoms with van der Waals surface area (Å²) >= 11 is 0. The second kappa shape index (κ2) is 9.12. The van der Waals surface area contributed by atoms with Crippen LogP contribution in [0.3, 0.4) is 0 Å². The van der Waals surface area contributed by atoms with Gasteiger partial charge in [0, 0.05) is 54.8 Å². The van der Waals surface area contributed by atoms with Crippen LogP contribution in [-0.2, 0) is 11.3 Å². The lowest BCUT2D eigenvalue weighted by molar-refractivity contribution is 0.0405. The molecule has 0 aliphatic carbocycles. The maximum atomic E-state index is 13.2. The summed E-state index contributed by atoms with van der Waals surface area (Å²) in [5.41, 5.74) is 4.27. The highest BCUT2D eigenvalue weighted by molar-refractivity contribution is 6.04. The third-order valence-electron chi connectivity index (χ3n) is 7.20. The van der Waals surface area contributed by atoms with Gasteiger partial charge in [-0.1, -0.05) is 54.6 Å². The van der Waals surface area contributed by atoms with Crippen molar-refractivity contribution >= 4 is 16.9 Å². The van der Waals surface area contributed by atoms with E-state index in [2.05, 4.69) is 11.0 Å². The van der Waals surface area contributed by atoms with Gasteiger partial charge in [-0.15, -0.1) is 0 Å². The Kier molecular flexibility index (Phi) is 5.66. The molecular weight excluding hydrogens is 438 g/mol. The van der Waals surface area contributed by atoms with Crippen LogP contribution >= 0.6 is 0 Å². The van der Waals surface area contributed by atoms with Crippen LogP contribution in [0.2, 0.25) is 0 Å². The van der Waals surface area contributed by atoms with Gasteiger partial charge < -0.3 is 9.30 Å². The zero-order valence-electron chi connectivity index (χ0n) is 19.5. The normalized spacial score (nSPS) is 19.3. The van der Waals surface area contributed by atoms with E-state index in [1.165, 1.54) is 0 Å². The Morgan fingerprint density at radius 3 is 2.66 bits per heavy atom. The fraction of sp³-hybridized carbons (Fsp3) is 0.276. The molecule has 0 N–H and O–H groups in total. The summed E-state index contributed by atoms with van der Waals surface area (Å²) in [6.07, 6.45) is 1.12. The van der Waals surface area contributed by atoms with Crippen molar-refractivity contribution in [2.24, 2.45) is 5.92 Å². The molecule has 35 heavy (non-hydrogen) atoms. The van der Waals surface area contributed by atoms with Crippen molar-refractivity contribution in [2.75, 3.05) is 26.2 Å². The Hall–Kier alpha value is -3.77. The van der Waals surface area contributed by atoms with Gasteiger partial charge in [0.15, 0.2) is 0 Å². The molecule has 2 aliphatic rings. The summed E-state index contributed by atoms with van der Waals surface area (Å²) < 4.78 is 7.72. The van der Waals surface area contributed by atoms with Crippen LogP contribution in [0.15, 0.2) is 83.7 Å². The molecule has 0 radical (unpaired) electrons.